The zero-order chi connectivity index (χ0) is 10.9. The van der Waals surface area contributed by atoms with Crippen LogP contribution in [0.2, 0.25) is 0 Å². The van der Waals surface area contributed by atoms with Crippen molar-refractivity contribution < 1.29 is 64.3 Å². The molecule has 2 rings (SSSR count). The van der Waals surface area contributed by atoms with E-state index in [-0.39, 0.29) is 62.9 Å². The molecule has 82 valence electrons. The summed E-state index contributed by atoms with van der Waals surface area (Å²) < 4.78 is 36.9. The summed E-state index contributed by atoms with van der Waals surface area (Å²) in [6, 6.07) is 0. The molecule has 1 aromatic rings. The van der Waals surface area contributed by atoms with E-state index in [1.54, 1.807) is 0 Å². The van der Waals surface area contributed by atoms with E-state index in [1.165, 1.54) is 12.5 Å². The van der Waals surface area contributed by atoms with Crippen molar-refractivity contribution >= 4 is 6.98 Å². The molecule has 0 atom stereocenters. The van der Waals surface area contributed by atoms with Gasteiger partial charge >= 0.3 is 58.4 Å². The Hall–Kier alpha value is 0.571. The van der Waals surface area contributed by atoms with Crippen LogP contribution in [0.15, 0.2) is 12.5 Å². The molecule has 0 spiro atoms. The summed E-state index contributed by atoms with van der Waals surface area (Å²) in [6.07, 6.45) is 4.78. The van der Waals surface area contributed by atoms with Gasteiger partial charge in [0.25, 0.3) is 0 Å². The minimum Gasteiger partial charge on any atom is -0.449 e. The number of hydrogen-bond acceptors (Lipinski definition) is 2. The molecule has 1 aromatic heterocycles. The summed E-state index contributed by atoms with van der Waals surface area (Å²) in [5.74, 6) is 0.223. The second-order valence-corrected chi connectivity index (χ2v) is 3.98. The Morgan fingerprint density at radius 1 is 1.31 bits per heavy atom. The van der Waals surface area contributed by atoms with Crippen LogP contribution in [-0.4, -0.2) is 16.9 Å². The zero-order valence-electron chi connectivity index (χ0n) is 9.17. The first-order valence-corrected chi connectivity index (χ1v) is 5.06. The monoisotopic (exact) mass is 254 g/mol. The van der Waals surface area contributed by atoms with Crippen LogP contribution in [0.1, 0.15) is 36.4 Å². The normalized spacial score (nSPS) is 16.4. The van der Waals surface area contributed by atoms with Gasteiger partial charge in [-0.3, -0.25) is 0 Å². The SMILES string of the molecule is F[B-](F)(F)Cc1cncnc1C1CCC1.[K+]. The zero-order valence-corrected chi connectivity index (χ0v) is 12.3. The molecule has 0 unspecified atom stereocenters. The molecule has 1 fully saturated rings. The fraction of sp³-hybridized carbons (Fsp3) is 0.556. The van der Waals surface area contributed by atoms with Gasteiger partial charge in [0.2, 0.25) is 0 Å². The summed E-state index contributed by atoms with van der Waals surface area (Å²) in [5.41, 5.74) is 0.866. The van der Waals surface area contributed by atoms with E-state index in [0.29, 0.717) is 5.69 Å². The van der Waals surface area contributed by atoms with Crippen molar-refractivity contribution in [3.05, 3.63) is 23.8 Å². The Morgan fingerprint density at radius 3 is 2.50 bits per heavy atom. The Kier molecular flexibility index (Phi) is 5.44. The molecule has 1 aliphatic rings. The second-order valence-electron chi connectivity index (χ2n) is 3.98. The van der Waals surface area contributed by atoms with E-state index < -0.39 is 13.3 Å². The van der Waals surface area contributed by atoms with E-state index in [2.05, 4.69) is 9.97 Å². The standard InChI is InChI=1S/C9H11BF3N2.K/c11-10(12,13)4-8-5-14-6-15-9(8)7-2-1-3-7;/h5-7H,1-4H2;/q-1;+1. The number of aromatic nitrogens is 2. The van der Waals surface area contributed by atoms with Crippen LogP contribution in [0.5, 0.6) is 0 Å². The molecule has 16 heavy (non-hydrogen) atoms. The van der Waals surface area contributed by atoms with Crippen LogP contribution in [-0.2, 0) is 6.32 Å². The maximum atomic E-state index is 12.3. The summed E-state index contributed by atoms with van der Waals surface area (Å²) in [5, 5.41) is 0. The van der Waals surface area contributed by atoms with Gasteiger partial charge in [-0.15, -0.1) is 0 Å². The maximum Gasteiger partial charge on any atom is 1.00 e. The van der Waals surface area contributed by atoms with Crippen LogP contribution in [0, 0.1) is 0 Å². The minimum atomic E-state index is -4.79. The first kappa shape index (κ1) is 14.6. The predicted molar refractivity (Wildman–Crippen MR) is 51.4 cm³/mol. The largest absolute Gasteiger partial charge is 1.00 e. The van der Waals surface area contributed by atoms with Crippen molar-refractivity contribution in [3.63, 3.8) is 0 Å². The van der Waals surface area contributed by atoms with Crippen LogP contribution < -0.4 is 51.4 Å². The van der Waals surface area contributed by atoms with E-state index in [4.69, 9.17) is 0 Å². The third-order valence-electron chi connectivity index (χ3n) is 2.77. The van der Waals surface area contributed by atoms with Gasteiger partial charge in [0.05, 0.1) is 0 Å². The Morgan fingerprint density at radius 2 is 2.00 bits per heavy atom. The smallest absolute Gasteiger partial charge is 0.449 e. The molecule has 0 saturated heterocycles. The average molecular weight is 254 g/mol. The molecule has 0 aliphatic heterocycles. The first-order valence-electron chi connectivity index (χ1n) is 5.06. The average Bonchev–Trinajstić information content (AvgIpc) is 2.02. The Balaban J connectivity index is 0.00000128. The van der Waals surface area contributed by atoms with Crippen LogP contribution in [0.4, 0.5) is 12.9 Å². The van der Waals surface area contributed by atoms with Gasteiger partial charge in [0, 0.05) is 17.8 Å². The number of halogens is 3. The molecule has 2 nitrogen and oxygen atoms in total. The molecular weight excluding hydrogens is 243 g/mol. The van der Waals surface area contributed by atoms with Crippen molar-refractivity contribution in [3.8, 4) is 0 Å². The van der Waals surface area contributed by atoms with E-state index in [0.717, 1.165) is 19.3 Å². The van der Waals surface area contributed by atoms with Gasteiger partial charge in [-0.2, -0.15) is 0 Å². The van der Waals surface area contributed by atoms with Crippen molar-refractivity contribution in [1.29, 1.82) is 0 Å². The summed E-state index contributed by atoms with van der Waals surface area (Å²) >= 11 is 0. The van der Waals surface area contributed by atoms with Crippen LogP contribution in [0.25, 0.3) is 0 Å². The first-order chi connectivity index (χ1) is 7.06. The summed E-state index contributed by atoms with van der Waals surface area (Å²) in [6.45, 7) is -4.79. The minimum absolute atomic E-state index is 0. The van der Waals surface area contributed by atoms with Gasteiger partial charge in [0.15, 0.2) is 0 Å². The van der Waals surface area contributed by atoms with Gasteiger partial charge < -0.3 is 12.9 Å². The van der Waals surface area contributed by atoms with Gasteiger partial charge in [0.1, 0.15) is 6.33 Å². The molecule has 1 heterocycles. The quantitative estimate of drug-likeness (QED) is 0.691. The summed E-state index contributed by atoms with van der Waals surface area (Å²) in [7, 11) is 0. The molecule has 1 saturated carbocycles. The molecule has 7 heteroatoms. The molecule has 0 amide bonds. The number of hydrogen-bond donors (Lipinski definition) is 0. The predicted octanol–water partition coefficient (Wildman–Crippen LogP) is -0.323. The van der Waals surface area contributed by atoms with Crippen molar-refractivity contribution in [2.45, 2.75) is 31.5 Å². The molecular formula is C9H11BF3KN2. The number of rotatable bonds is 3. The fourth-order valence-corrected chi connectivity index (χ4v) is 1.82. The molecule has 0 radical (unpaired) electrons. The van der Waals surface area contributed by atoms with Gasteiger partial charge in [-0.25, -0.2) is 9.97 Å². The second kappa shape index (κ2) is 5.95. The Bertz CT molecular complexity index is 355. The Labute approximate surface area is 135 Å². The maximum absolute atomic E-state index is 12.3. The third kappa shape index (κ3) is 3.80. The van der Waals surface area contributed by atoms with Crippen molar-refractivity contribution in [2.24, 2.45) is 0 Å². The molecule has 0 bridgehead atoms. The van der Waals surface area contributed by atoms with Crippen LogP contribution in [0.3, 0.4) is 0 Å². The van der Waals surface area contributed by atoms with Crippen LogP contribution >= 0.6 is 0 Å². The number of nitrogens with zero attached hydrogens (tertiary/aromatic N) is 2. The molecule has 0 aromatic carbocycles. The van der Waals surface area contributed by atoms with Crippen molar-refractivity contribution in [2.75, 3.05) is 0 Å². The summed E-state index contributed by atoms with van der Waals surface area (Å²) in [4.78, 5) is 7.65. The topological polar surface area (TPSA) is 25.8 Å². The van der Waals surface area contributed by atoms with Gasteiger partial charge in [-0.1, -0.05) is 12.7 Å². The molecule has 0 N–H and O–H groups in total. The van der Waals surface area contributed by atoms with E-state index in [1.807, 2.05) is 0 Å². The fourth-order valence-electron chi connectivity index (χ4n) is 1.82. The van der Waals surface area contributed by atoms with Crippen molar-refractivity contribution in [1.82, 2.24) is 9.97 Å². The van der Waals surface area contributed by atoms with Gasteiger partial charge in [-0.05, 0) is 18.4 Å². The van der Waals surface area contributed by atoms with E-state index in [9.17, 15) is 12.9 Å². The van der Waals surface area contributed by atoms with E-state index >= 15 is 0 Å². The molecule has 1 aliphatic carbocycles. The third-order valence-corrected chi connectivity index (χ3v) is 2.77.